The highest BCUT2D eigenvalue weighted by Gasteiger charge is 2.51. The second kappa shape index (κ2) is 41.8. The summed E-state index contributed by atoms with van der Waals surface area (Å²) in [6.07, 6.45) is 1.04. The van der Waals surface area contributed by atoms with Crippen LogP contribution < -0.4 is 0 Å². The molecule has 3 N–H and O–H groups in total. The molecule has 2 atom stereocenters. The van der Waals surface area contributed by atoms with Crippen molar-refractivity contribution in [2.75, 3.05) is 0 Å². The third-order valence-electron chi connectivity index (χ3n) is 29.6. The molecule has 0 fully saturated rings. The van der Waals surface area contributed by atoms with Crippen molar-refractivity contribution in [1.82, 2.24) is 4.98 Å². The van der Waals surface area contributed by atoms with Crippen LogP contribution in [0.1, 0.15) is 97.4 Å². The lowest BCUT2D eigenvalue weighted by Crippen LogP contribution is -2.44. The number of rotatable bonds is 15. The number of aliphatic imine (C=N–C) groups is 2. The van der Waals surface area contributed by atoms with Crippen molar-refractivity contribution in [3.63, 3.8) is 0 Å². The number of aromatic amines is 1. The summed E-state index contributed by atoms with van der Waals surface area (Å²) in [5.41, 5.74) is 34.2. The Morgan fingerprint density at radius 3 is 0.966 bits per heavy atom. The third kappa shape index (κ3) is 18.6. The maximum atomic E-state index is 12.3. The van der Waals surface area contributed by atoms with Crippen molar-refractivity contribution in [3.8, 4) is 66.8 Å². The Morgan fingerprint density at radius 2 is 0.570 bits per heavy atom. The molecule has 0 amide bonds. The molecule has 23 aromatic carbocycles. The first-order chi connectivity index (χ1) is 73.0. The molecule has 716 valence electrons. The van der Waals surface area contributed by atoms with Crippen molar-refractivity contribution in [2.45, 2.75) is 51.9 Å². The number of benzene rings is 23. The van der Waals surface area contributed by atoms with Gasteiger partial charge in [0.05, 0.1) is 23.7 Å². The molecule has 5 nitrogen and oxygen atoms in total. The van der Waals surface area contributed by atoms with Crippen molar-refractivity contribution >= 4 is 162 Å². The molecule has 0 spiro atoms. The van der Waals surface area contributed by atoms with Crippen LogP contribution in [0, 0.1) is 13.8 Å². The van der Waals surface area contributed by atoms with Crippen LogP contribution in [0.15, 0.2) is 531 Å². The highest BCUT2D eigenvalue weighted by molar-refractivity contribution is 9.11. The van der Waals surface area contributed by atoms with Gasteiger partial charge >= 0.3 is 0 Å². The number of aryl methyl sites for hydroxylation is 2. The van der Waals surface area contributed by atoms with E-state index in [0.717, 1.165) is 80.4 Å². The molecular formula is C140H101Br4N3O2. The fraction of sp³-hybridized carbons (Fsp3) is 0.0571. The van der Waals surface area contributed by atoms with Crippen LogP contribution in [-0.4, -0.2) is 26.6 Å². The fourth-order valence-corrected chi connectivity index (χ4v) is 23.8. The average molecular weight is 2180 g/mol. The SMILES string of the molecule is Brc1ccc2c(-c3ccccc3)c3cc(Br)ccc3c(-c3ccccc3)c2c1.CC1=C(C)c2cc3c(-c4ccccc4)c4cc5[nH]c(C)c(C)c5cc4c(-c4ccccc4)c3cc2C1.OC1(c2ccccc2)c2ccc(Br)cc2C(O)(c2ccccc2)c2ccc(Br)cc21.c1ccc(C(=NCc2ccc3c(-c4ccccc4)c4cc(N=C(c5ccccc5)c5ccccc5)ccc4c(-c4ccccc4)c3c2)c2ccccc2)cc1. The smallest absolute Gasteiger partial charge is 0.141 e. The summed E-state index contributed by atoms with van der Waals surface area (Å²) in [4.78, 5) is 14.3. The number of nitrogens with zero attached hydrogens (tertiary/aromatic N) is 2. The van der Waals surface area contributed by atoms with E-state index >= 15 is 0 Å². The first-order valence-corrected chi connectivity index (χ1v) is 53.6. The van der Waals surface area contributed by atoms with E-state index in [-0.39, 0.29) is 0 Å². The molecule has 26 rings (SSSR count). The number of allylic oxidation sites excluding steroid dienone is 2. The lowest BCUT2D eigenvalue weighted by molar-refractivity contribution is 0.0746. The van der Waals surface area contributed by atoms with Gasteiger partial charge in [0.1, 0.15) is 11.2 Å². The van der Waals surface area contributed by atoms with Crippen LogP contribution in [0.4, 0.5) is 5.69 Å². The predicted octanol–water partition coefficient (Wildman–Crippen LogP) is 38.3. The Hall–Kier alpha value is -15.9. The van der Waals surface area contributed by atoms with Gasteiger partial charge in [-0.05, 0) is 307 Å². The van der Waals surface area contributed by atoms with Crippen LogP contribution in [0.25, 0.3) is 148 Å². The van der Waals surface area contributed by atoms with Gasteiger partial charge in [-0.3, -0.25) is 4.99 Å². The van der Waals surface area contributed by atoms with E-state index in [2.05, 4.69) is 485 Å². The zero-order chi connectivity index (χ0) is 101. The van der Waals surface area contributed by atoms with Crippen LogP contribution >= 0.6 is 63.7 Å². The van der Waals surface area contributed by atoms with Gasteiger partial charge in [-0.2, -0.15) is 0 Å². The zero-order valence-corrected chi connectivity index (χ0v) is 88.9. The van der Waals surface area contributed by atoms with Gasteiger partial charge in [-0.15, -0.1) is 0 Å². The van der Waals surface area contributed by atoms with Gasteiger partial charge in [0.15, 0.2) is 0 Å². The quantitative estimate of drug-likeness (QED) is 0.0706. The molecule has 24 aromatic rings. The Kier molecular flexibility index (Phi) is 27.1. The lowest BCUT2D eigenvalue weighted by Gasteiger charge is -2.45. The molecule has 2 unspecified atom stereocenters. The van der Waals surface area contributed by atoms with Crippen LogP contribution in [0.5, 0.6) is 0 Å². The van der Waals surface area contributed by atoms with Crippen molar-refractivity contribution in [2.24, 2.45) is 9.98 Å². The minimum atomic E-state index is -1.41. The van der Waals surface area contributed by atoms with E-state index in [9.17, 15) is 10.2 Å². The van der Waals surface area contributed by atoms with E-state index < -0.39 is 11.2 Å². The Morgan fingerprint density at radius 1 is 0.268 bits per heavy atom. The summed E-state index contributed by atoms with van der Waals surface area (Å²) in [6, 6.07) is 174. The van der Waals surface area contributed by atoms with Crippen LogP contribution in [0.3, 0.4) is 0 Å². The molecule has 0 radical (unpaired) electrons. The summed E-state index contributed by atoms with van der Waals surface area (Å²) >= 11 is 14.5. The van der Waals surface area contributed by atoms with Gasteiger partial charge in [-0.1, -0.05) is 476 Å². The first kappa shape index (κ1) is 96.5. The molecule has 0 saturated carbocycles. The highest BCUT2D eigenvalue weighted by atomic mass is 79.9. The summed E-state index contributed by atoms with van der Waals surface area (Å²) in [6.45, 7) is 9.51. The maximum absolute atomic E-state index is 12.3. The van der Waals surface area contributed by atoms with E-state index in [0.29, 0.717) is 28.8 Å². The minimum Gasteiger partial charge on any atom is -0.376 e. The van der Waals surface area contributed by atoms with E-state index in [1.165, 1.54) is 176 Å². The zero-order valence-electron chi connectivity index (χ0n) is 82.6. The summed E-state index contributed by atoms with van der Waals surface area (Å²) in [5.74, 6) is 0. The normalized spacial score (nSPS) is 13.9. The highest BCUT2D eigenvalue weighted by Crippen LogP contribution is 2.56. The topological polar surface area (TPSA) is 81.0 Å². The van der Waals surface area contributed by atoms with Crippen LogP contribution in [0.2, 0.25) is 0 Å². The predicted molar refractivity (Wildman–Crippen MR) is 641 cm³/mol. The average Bonchev–Trinajstić information content (AvgIpc) is 1.12. The fourth-order valence-electron chi connectivity index (χ4n) is 22.4. The van der Waals surface area contributed by atoms with Gasteiger partial charge in [0, 0.05) is 67.9 Å². The number of nitrogens with one attached hydrogen (secondary N) is 1. The van der Waals surface area contributed by atoms with Crippen molar-refractivity contribution in [3.05, 3.63) is 604 Å². The molecule has 0 aliphatic heterocycles. The number of aromatic nitrogens is 1. The number of aliphatic hydroxyl groups is 2. The largest absolute Gasteiger partial charge is 0.376 e. The standard InChI is InChI=1S/C53H38N2.C35H29N.C26H18Br2O2.C26H16Br2/c1-7-19-39(20-8-1)50-47-34-32-45(55-53(43-27-15-5-16-28-43)44-29-17-6-18-30-44)36-49(47)51(40-21-9-2-10-22-40)46-33-31-38(35-48(46)50)37-54-52(41-23-11-3-12-24-41)42-25-13-4-14-26-42;1-20-15-26-16-29-30(17-27(26)21(20)2)35(25-13-9-6-10-14-25)32-19-33-28(22(3)23(4)36-33)18-31(32)34(29)24-11-7-5-8-12-24;27-19-12-14-22-23(15-19)25(29,17-7-3-1-4-8-17)21-13-11-20(28)16-24(21)26(22,30)18-9-5-2-6-10-18;27-19-12-14-22-23(15-19)25(17-7-3-1-4-8-17)21-13-11-20(28)16-24(21)26(22)18-9-5-2-6-10-18/h1-36H,37H2;5-14,16-19,36H,15H2,1-4H3;1-16,29-30H;1-16H. The molecule has 2 aliphatic rings. The Labute approximate surface area is 902 Å². The summed E-state index contributed by atoms with van der Waals surface area (Å²) < 4.78 is 3.86. The number of fused-ring (bicyclic) bond motifs is 10. The van der Waals surface area contributed by atoms with Crippen LogP contribution in [-0.2, 0) is 24.2 Å². The van der Waals surface area contributed by atoms with Crippen molar-refractivity contribution < 1.29 is 10.2 Å². The second-order valence-corrected chi connectivity index (χ2v) is 42.2. The van der Waals surface area contributed by atoms with E-state index in [1.807, 2.05) is 109 Å². The van der Waals surface area contributed by atoms with Gasteiger partial charge in [-0.25, -0.2) is 4.99 Å². The van der Waals surface area contributed by atoms with Gasteiger partial charge in [0.2, 0.25) is 0 Å². The first-order valence-electron chi connectivity index (χ1n) is 50.4. The van der Waals surface area contributed by atoms with Gasteiger partial charge in [0.25, 0.3) is 0 Å². The summed E-state index contributed by atoms with van der Waals surface area (Å²) in [5, 5.41) is 41.0. The molecule has 1 aromatic heterocycles. The maximum Gasteiger partial charge on any atom is 0.141 e. The van der Waals surface area contributed by atoms with Crippen molar-refractivity contribution in [1.29, 1.82) is 0 Å². The number of hydrogen-bond acceptors (Lipinski definition) is 4. The molecular weight excluding hydrogens is 2080 g/mol. The molecule has 0 saturated heterocycles. The number of H-pyrrole nitrogens is 1. The Balaban J connectivity index is 0.000000113. The Bertz CT molecular complexity index is 9020. The second-order valence-electron chi connectivity index (χ2n) is 38.5. The molecule has 1 heterocycles. The molecule has 9 heteroatoms. The number of halogens is 4. The van der Waals surface area contributed by atoms with Gasteiger partial charge < -0.3 is 15.2 Å². The lowest BCUT2D eigenvalue weighted by atomic mass is 9.63. The number of hydrogen-bond donors (Lipinski definition) is 3. The molecule has 0 bridgehead atoms. The van der Waals surface area contributed by atoms with E-state index in [4.69, 9.17) is 9.98 Å². The molecule has 2 aliphatic carbocycles. The molecule has 149 heavy (non-hydrogen) atoms. The summed E-state index contributed by atoms with van der Waals surface area (Å²) in [7, 11) is 0. The minimum absolute atomic E-state index is 0.553. The monoisotopic (exact) mass is 2170 g/mol. The van der Waals surface area contributed by atoms with E-state index in [1.54, 1.807) is 0 Å². The third-order valence-corrected chi connectivity index (χ3v) is 31.6.